The number of ether oxygens (including phenoxy) is 2. The van der Waals surface area contributed by atoms with E-state index in [9.17, 15) is 25.0 Å². The number of nitrogens with zero attached hydrogens (tertiary/aromatic N) is 4. The highest BCUT2D eigenvalue weighted by Crippen LogP contribution is 2.34. The first-order valence-corrected chi connectivity index (χ1v) is 9.28. The van der Waals surface area contributed by atoms with Crippen LogP contribution in [-0.4, -0.2) is 32.6 Å². The predicted molar refractivity (Wildman–Crippen MR) is 113 cm³/mol. The summed E-state index contributed by atoms with van der Waals surface area (Å²) in [5.74, 6) is 0.299. The van der Waals surface area contributed by atoms with Gasteiger partial charge in [-0.25, -0.2) is 0 Å². The molecule has 3 rings (SSSR count). The molecule has 1 amide bonds. The summed E-state index contributed by atoms with van der Waals surface area (Å²) in [4.78, 5) is 33.8. The van der Waals surface area contributed by atoms with Gasteiger partial charge < -0.3 is 14.8 Å². The minimum Gasteiger partial charge on any atom is -0.493 e. The van der Waals surface area contributed by atoms with E-state index in [1.165, 1.54) is 43.8 Å². The van der Waals surface area contributed by atoms with Gasteiger partial charge in [0.15, 0.2) is 11.5 Å². The Kier molecular flexibility index (Phi) is 6.33. The molecule has 166 valence electrons. The molecule has 0 bridgehead atoms. The summed E-state index contributed by atoms with van der Waals surface area (Å²) in [6.07, 6.45) is 0. The van der Waals surface area contributed by atoms with E-state index >= 15 is 0 Å². The van der Waals surface area contributed by atoms with E-state index in [0.29, 0.717) is 11.5 Å². The number of para-hydroxylation sites is 2. The van der Waals surface area contributed by atoms with Crippen molar-refractivity contribution in [2.45, 2.75) is 20.4 Å². The van der Waals surface area contributed by atoms with Crippen LogP contribution in [0.25, 0.3) is 0 Å². The fourth-order valence-electron chi connectivity index (χ4n) is 3.09. The second kappa shape index (κ2) is 9.12. The van der Waals surface area contributed by atoms with E-state index in [1.807, 2.05) is 0 Å². The minimum absolute atomic E-state index is 0.112. The summed E-state index contributed by atoms with van der Waals surface area (Å²) in [6.45, 7) is 2.64. The lowest BCUT2D eigenvalue weighted by Crippen LogP contribution is -2.20. The molecule has 0 atom stereocenters. The van der Waals surface area contributed by atoms with Crippen molar-refractivity contribution < 1.29 is 24.1 Å². The summed E-state index contributed by atoms with van der Waals surface area (Å²) in [7, 11) is 1.46. The number of benzene rings is 2. The first kappa shape index (κ1) is 22.2. The third-order valence-electron chi connectivity index (χ3n) is 4.50. The minimum atomic E-state index is -0.616. The molecule has 1 aromatic heterocycles. The van der Waals surface area contributed by atoms with Crippen LogP contribution in [-0.2, 0) is 11.3 Å². The lowest BCUT2D eigenvalue weighted by Gasteiger charge is -2.12. The first-order valence-electron chi connectivity index (χ1n) is 9.28. The average molecular weight is 441 g/mol. The number of hydrogen-bond acceptors (Lipinski definition) is 8. The Hall–Kier alpha value is -4.48. The zero-order valence-corrected chi connectivity index (χ0v) is 17.4. The van der Waals surface area contributed by atoms with E-state index < -0.39 is 15.8 Å². The van der Waals surface area contributed by atoms with Gasteiger partial charge in [-0.1, -0.05) is 12.1 Å². The molecule has 1 N–H and O–H groups in total. The SMILES string of the molecule is COc1ccccc1Oc1cc(NC(=O)Cn2nc(C)c([N+](=O)[O-])c2C)cc([N+](=O)[O-])c1. The molecule has 1 heterocycles. The van der Waals surface area contributed by atoms with Crippen LogP contribution < -0.4 is 14.8 Å². The first-order chi connectivity index (χ1) is 15.2. The number of amides is 1. The summed E-state index contributed by atoms with van der Waals surface area (Å²) in [5, 5.41) is 29.0. The number of aryl methyl sites for hydroxylation is 1. The molecule has 0 fully saturated rings. The Morgan fingerprint density at radius 1 is 1.09 bits per heavy atom. The number of carbonyl (C=O) groups excluding carboxylic acids is 1. The van der Waals surface area contributed by atoms with E-state index in [-0.39, 0.29) is 40.7 Å². The third kappa shape index (κ3) is 4.80. The molecule has 0 unspecified atom stereocenters. The molecule has 0 aliphatic heterocycles. The zero-order chi connectivity index (χ0) is 23.4. The van der Waals surface area contributed by atoms with Crippen LogP contribution in [0.5, 0.6) is 17.2 Å². The second-order valence-corrected chi connectivity index (χ2v) is 6.71. The number of non-ortho nitro benzene ring substituents is 1. The number of hydrogen-bond donors (Lipinski definition) is 1. The van der Waals surface area contributed by atoms with Gasteiger partial charge in [-0.2, -0.15) is 5.10 Å². The standard InChI is InChI=1S/C20H19N5O7/c1-12-20(25(29)30)13(2)23(22-12)11-19(26)21-14-8-15(24(27)28)10-16(9-14)32-18-7-5-4-6-17(18)31-3/h4-10H,11H2,1-3H3,(H,21,26). The van der Waals surface area contributed by atoms with Crippen molar-refractivity contribution in [3.8, 4) is 17.2 Å². The lowest BCUT2D eigenvalue weighted by molar-refractivity contribution is -0.386. The number of carbonyl (C=O) groups is 1. The van der Waals surface area contributed by atoms with Gasteiger partial charge in [0.05, 0.1) is 28.7 Å². The Morgan fingerprint density at radius 2 is 1.78 bits per heavy atom. The largest absolute Gasteiger partial charge is 0.493 e. The number of nitrogens with one attached hydrogen (secondary N) is 1. The number of rotatable bonds is 8. The van der Waals surface area contributed by atoms with Crippen molar-refractivity contribution in [2.24, 2.45) is 0 Å². The maximum absolute atomic E-state index is 12.5. The van der Waals surface area contributed by atoms with Crippen LogP contribution in [0.2, 0.25) is 0 Å². The number of anilines is 1. The molecule has 2 aromatic carbocycles. The van der Waals surface area contributed by atoms with Gasteiger partial charge in [0.25, 0.3) is 5.69 Å². The number of nitro groups is 2. The summed E-state index contributed by atoms with van der Waals surface area (Å²) < 4.78 is 12.1. The second-order valence-electron chi connectivity index (χ2n) is 6.71. The van der Waals surface area contributed by atoms with Crippen molar-refractivity contribution in [3.05, 3.63) is 74.1 Å². The molecule has 0 aliphatic carbocycles. The van der Waals surface area contributed by atoms with E-state index in [0.717, 1.165) is 0 Å². The summed E-state index contributed by atoms with van der Waals surface area (Å²) in [5.41, 5.74) is 0.0604. The molecular weight excluding hydrogens is 422 g/mol. The van der Waals surface area contributed by atoms with Gasteiger partial charge in [0.2, 0.25) is 5.91 Å². The molecule has 3 aromatic rings. The Balaban J connectivity index is 1.84. The van der Waals surface area contributed by atoms with Crippen LogP contribution >= 0.6 is 0 Å². The number of aromatic nitrogens is 2. The topological polar surface area (TPSA) is 152 Å². The Morgan fingerprint density at radius 3 is 2.38 bits per heavy atom. The normalized spacial score (nSPS) is 10.5. The van der Waals surface area contributed by atoms with Crippen LogP contribution in [0.3, 0.4) is 0 Å². The lowest BCUT2D eigenvalue weighted by atomic mass is 10.2. The highest BCUT2D eigenvalue weighted by Gasteiger charge is 2.23. The number of nitro benzene ring substituents is 1. The maximum atomic E-state index is 12.5. The average Bonchev–Trinajstić information content (AvgIpc) is 3.01. The fourth-order valence-corrected chi connectivity index (χ4v) is 3.09. The zero-order valence-electron chi connectivity index (χ0n) is 17.4. The summed E-state index contributed by atoms with van der Waals surface area (Å²) in [6, 6.07) is 10.6. The number of methoxy groups -OCH3 is 1. The van der Waals surface area contributed by atoms with Crippen molar-refractivity contribution in [3.63, 3.8) is 0 Å². The van der Waals surface area contributed by atoms with E-state index in [4.69, 9.17) is 9.47 Å². The molecule has 0 aliphatic rings. The molecule has 0 spiro atoms. The fraction of sp³-hybridized carbons (Fsp3) is 0.200. The van der Waals surface area contributed by atoms with Crippen molar-refractivity contribution >= 4 is 23.0 Å². The molecular formula is C20H19N5O7. The van der Waals surface area contributed by atoms with Gasteiger partial charge in [-0.3, -0.25) is 29.7 Å². The van der Waals surface area contributed by atoms with Gasteiger partial charge in [-0.05, 0) is 26.0 Å². The van der Waals surface area contributed by atoms with Gasteiger partial charge in [0, 0.05) is 12.1 Å². The quantitative estimate of drug-likeness (QED) is 0.410. The van der Waals surface area contributed by atoms with Gasteiger partial charge in [0.1, 0.15) is 23.7 Å². The monoisotopic (exact) mass is 441 g/mol. The Labute approximate surface area is 181 Å². The van der Waals surface area contributed by atoms with Crippen molar-refractivity contribution in [1.82, 2.24) is 9.78 Å². The molecule has 12 heteroatoms. The highest BCUT2D eigenvalue weighted by molar-refractivity contribution is 5.91. The maximum Gasteiger partial charge on any atom is 0.312 e. The molecule has 0 saturated heterocycles. The van der Waals surface area contributed by atoms with Crippen LogP contribution in [0.1, 0.15) is 11.4 Å². The van der Waals surface area contributed by atoms with Crippen molar-refractivity contribution in [1.29, 1.82) is 0 Å². The molecule has 12 nitrogen and oxygen atoms in total. The van der Waals surface area contributed by atoms with Gasteiger partial charge in [-0.15, -0.1) is 0 Å². The van der Waals surface area contributed by atoms with E-state index in [1.54, 1.807) is 24.3 Å². The van der Waals surface area contributed by atoms with Crippen LogP contribution in [0.15, 0.2) is 42.5 Å². The highest BCUT2D eigenvalue weighted by atomic mass is 16.6. The molecule has 0 radical (unpaired) electrons. The van der Waals surface area contributed by atoms with Crippen LogP contribution in [0, 0.1) is 34.1 Å². The van der Waals surface area contributed by atoms with Gasteiger partial charge >= 0.3 is 5.69 Å². The Bertz CT molecular complexity index is 1210. The predicted octanol–water partition coefficient (Wildman–Crippen LogP) is 3.76. The van der Waals surface area contributed by atoms with Crippen LogP contribution in [0.4, 0.5) is 17.1 Å². The van der Waals surface area contributed by atoms with Crippen molar-refractivity contribution in [2.75, 3.05) is 12.4 Å². The molecule has 32 heavy (non-hydrogen) atoms. The van der Waals surface area contributed by atoms with E-state index in [2.05, 4.69) is 10.4 Å². The molecule has 0 saturated carbocycles. The third-order valence-corrected chi connectivity index (χ3v) is 4.50. The summed E-state index contributed by atoms with van der Waals surface area (Å²) >= 11 is 0. The smallest absolute Gasteiger partial charge is 0.312 e.